The van der Waals surface area contributed by atoms with Crippen LogP contribution in [0, 0.1) is 0 Å². The molecule has 10 rings (SSSR count). The molecular weight excluding hydrogens is 655 g/mol. The molecule has 0 fully saturated rings. The number of ether oxygens (including phenoxy) is 1. The summed E-state index contributed by atoms with van der Waals surface area (Å²) in [5.74, 6) is 1.66. The zero-order chi connectivity index (χ0) is 35.8. The van der Waals surface area contributed by atoms with Crippen LogP contribution in [-0.4, -0.2) is 0 Å². The lowest BCUT2D eigenvalue weighted by Crippen LogP contribution is -2.13. The Morgan fingerprint density at radius 2 is 0.815 bits per heavy atom. The topological polar surface area (TPSA) is 12.5 Å². The lowest BCUT2D eigenvalue weighted by molar-refractivity contribution is 0.488. The van der Waals surface area contributed by atoms with Crippen LogP contribution in [0.5, 0.6) is 11.5 Å². The molecule has 0 aliphatic carbocycles. The molecule has 254 valence electrons. The van der Waals surface area contributed by atoms with Crippen LogP contribution in [0.1, 0.15) is 0 Å². The van der Waals surface area contributed by atoms with E-state index in [0.29, 0.717) is 0 Å². The van der Waals surface area contributed by atoms with Crippen molar-refractivity contribution < 1.29 is 4.74 Å². The van der Waals surface area contributed by atoms with Gasteiger partial charge >= 0.3 is 0 Å². The van der Waals surface area contributed by atoms with Gasteiger partial charge in [-0.1, -0.05) is 170 Å². The van der Waals surface area contributed by atoms with Crippen molar-refractivity contribution in [1.82, 2.24) is 0 Å². The summed E-state index contributed by atoms with van der Waals surface area (Å²) in [4.78, 5) is 2.41. The van der Waals surface area contributed by atoms with Gasteiger partial charge in [0.15, 0.2) is 0 Å². The second-order valence-electron chi connectivity index (χ2n) is 13.7. The van der Waals surface area contributed by atoms with Gasteiger partial charge in [0.05, 0.1) is 11.4 Å². The van der Waals surface area contributed by atoms with E-state index in [0.717, 1.165) is 78.5 Å². The first-order chi connectivity index (χ1) is 26.8. The summed E-state index contributed by atoms with van der Waals surface area (Å²) in [6, 6.07) is 75.8. The molecule has 1 aliphatic heterocycles. The molecule has 9 aromatic rings. The molecule has 0 saturated heterocycles. The maximum absolute atomic E-state index is 7.11. The summed E-state index contributed by atoms with van der Waals surface area (Å²) in [6.07, 6.45) is 0. The summed E-state index contributed by atoms with van der Waals surface area (Å²) < 4.78 is 7.11. The van der Waals surface area contributed by atoms with Gasteiger partial charge in [0.25, 0.3) is 0 Å². The summed E-state index contributed by atoms with van der Waals surface area (Å²) in [7, 11) is 0. The fraction of sp³-hybridized carbons (Fsp3) is 0. The van der Waals surface area contributed by atoms with Crippen LogP contribution in [0.4, 0.5) is 17.1 Å². The van der Waals surface area contributed by atoms with Crippen molar-refractivity contribution >= 4 is 27.8 Å². The molecular formula is C52H35NO. The van der Waals surface area contributed by atoms with Gasteiger partial charge in [0, 0.05) is 27.9 Å². The van der Waals surface area contributed by atoms with Crippen molar-refractivity contribution in [3.8, 4) is 67.1 Å². The molecule has 0 atom stereocenters. The van der Waals surface area contributed by atoms with Crippen molar-refractivity contribution in [2.24, 2.45) is 0 Å². The van der Waals surface area contributed by atoms with Crippen molar-refractivity contribution in [1.29, 1.82) is 0 Å². The van der Waals surface area contributed by atoms with Gasteiger partial charge < -0.3 is 9.64 Å². The minimum Gasteiger partial charge on any atom is -0.456 e. The number of hydrogen-bond donors (Lipinski definition) is 0. The van der Waals surface area contributed by atoms with Gasteiger partial charge in [-0.15, -0.1) is 0 Å². The highest BCUT2D eigenvalue weighted by Crippen LogP contribution is 2.56. The highest BCUT2D eigenvalue weighted by atomic mass is 16.5. The third kappa shape index (κ3) is 5.53. The average molecular weight is 690 g/mol. The average Bonchev–Trinajstić information content (AvgIpc) is 3.39. The Morgan fingerprint density at radius 3 is 1.54 bits per heavy atom. The normalized spacial score (nSPS) is 11.5. The van der Waals surface area contributed by atoms with E-state index in [1.807, 2.05) is 0 Å². The molecule has 0 radical (unpaired) electrons. The van der Waals surface area contributed by atoms with E-state index in [1.54, 1.807) is 0 Å². The van der Waals surface area contributed by atoms with Crippen molar-refractivity contribution in [3.05, 3.63) is 212 Å². The first kappa shape index (κ1) is 31.6. The molecule has 2 nitrogen and oxygen atoms in total. The largest absolute Gasteiger partial charge is 0.456 e. The second-order valence-corrected chi connectivity index (χ2v) is 13.7. The highest BCUT2D eigenvalue weighted by molar-refractivity contribution is 6.07. The summed E-state index contributed by atoms with van der Waals surface area (Å²) in [6.45, 7) is 0. The zero-order valence-electron chi connectivity index (χ0n) is 29.6. The van der Waals surface area contributed by atoms with E-state index >= 15 is 0 Å². The Morgan fingerprint density at radius 1 is 0.296 bits per heavy atom. The highest BCUT2D eigenvalue weighted by Gasteiger charge is 2.30. The number of nitrogens with zero attached hydrogens (tertiary/aromatic N) is 1. The van der Waals surface area contributed by atoms with E-state index in [-0.39, 0.29) is 0 Å². The SMILES string of the molecule is c1ccc(-c2ccc(N(c3ccccc3-c3ccccc3)c3cccc4c3-c3c(-c5ccccc5)cccc3-c3cc5ccccc5cc3O4)cc2)cc1. The van der Waals surface area contributed by atoms with Crippen LogP contribution in [-0.2, 0) is 0 Å². The van der Waals surface area contributed by atoms with Crippen LogP contribution >= 0.6 is 0 Å². The fourth-order valence-corrected chi connectivity index (χ4v) is 7.95. The summed E-state index contributed by atoms with van der Waals surface area (Å²) in [5.41, 5.74) is 14.5. The smallest absolute Gasteiger partial charge is 0.137 e. The van der Waals surface area contributed by atoms with Gasteiger partial charge in [0.2, 0.25) is 0 Å². The number of para-hydroxylation sites is 1. The molecule has 0 spiro atoms. The Labute approximate surface area is 315 Å². The first-order valence-electron chi connectivity index (χ1n) is 18.4. The number of fused-ring (bicyclic) bond motifs is 6. The molecule has 2 heteroatoms. The molecule has 0 bridgehead atoms. The number of hydrogen-bond acceptors (Lipinski definition) is 2. The minimum atomic E-state index is 0.814. The molecule has 54 heavy (non-hydrogen) atoms. The van der Waals surface area contributed by atoms with Gasteiger partial charge in [-0.2, -0.15) is 0 Å². The lowest BCUT2D eigenvalue weighted by Gasteiger charge is -2.31. The van der Waals surface area contributed by atoms with Gasteiger partial charge in [-0.3, -0.25) is 0 Å². The Balaban J connectivity index is 1.28. The molecule has 0 aromatic heterocycles. The maximum atomic E-state index is 7.11. The Bertz CT molecular complexity index is 2770. The molecule has 9 aromatic carbocycles. The fourth-order valence-electron chi connectivity index (χ4n) is 7.95. The van der Waals surface area contributed by atoms with Crippen LogP contribution in [0.15, 0.2) is 212 Å². The van der Waals surface area contributed by atoms with E-state index in [1.165, 1.54) is 16.5 Å². The number of benzene rings is 9. The monoisotopic (exact) mass is 689 g/mol. The Kier molecular flexibility index (Phi) is 7.85. The number of rotatable bonds is 6. The van der Waals surface area contributed by atoms with Crippen molar-refractivity contribution in [3.63, 3.8) is 0 Å². The predicted molar refractivity (Wildman–Crippen MR) is 226 cm³/mol. The lowest BCUT2D eigenvalue weighted by atomic mass is 9.86. The van der Waals surface area contributed by atoms with Gasteiger partial charge in [0.1, 0.15) is 11.5 Å². The van der Waals surface area contributed by atoms with Crippen LogP contribution in [0.25, 0.3) is 66.4 Å². The molecule has 0 unspecified atom stereocenters. The van der Waals surface area contributed by atoms with Gasteiger partial charge in [-0.25, -0.2) is 0 Å². The molecule has 0 N–H and O–H groups in total. The van der Waals surface area contributed by atoms with Crippen LogP contribution < -0.4 is 9.64 Å². The van der Waals surface area contributed by atoms with E-state index in [2.05, 4.69) is 217 Å². The second kappa shape index (κ2) is 13.4. The van der Waals surface area contributed by atoms with Crippen molar-refractivity contribution in [2.75, 3.05) is 4.90 Å². The van der Waals surface area contributed by atoms with Crippen molar-refractivity contribution in [2.45, 2.75) is 0 Å². The minimum absolute atomic E-state index is 0.814. The zero-order valence-corrected chi connectivity index (χ0v) is 29.6. The van der Waals surface area contributed by atoms with E-state index < -0.39 is 0 Å². The molecule has 1 heterocycles. The molecule has 1 aliphatic rings. The van der Waals surface area contributed by atoms with E-state index in [4.69, 9.17) is 4.74 Å². The molecule has 0 amide bonds. The van der Waals surface area contributed by atoms with Crippen LogP contribution in [0.2, 0.25) is 0 Å². The third-order valence-electron chi connectivity index (χ3n) is 10.5. The summed E-state index contributed by atoms with van der Waals surface area (Å²) >= 11 is 0. The predicted octanol–water partition coefficient (Wildman–Crippen LogP) is 14.8. The van der Waals surface area contributed by atoms with E-state index in [9.17, 15) is 0 Å². The Hall–Kier alpha value is -7.16. The third-order valence-corrected chi connectivity index (χ3v) is 10.5. The quantitative estimate of drug-likeness (QED) is 0.172. The first-order valence-corrected chi connectivity index (χ1v) is 18.4. The van der Waals surface area contributed by atoms with Gasteiger partial charge in [-0.05, 0) is 86.6 Å². The van der Waals surface area contributed by atoms with Crippen LogP contribution in [0.3, 0.4) is 0 Å². The summed E-state index contributed by atoms with van der Waals surface area (Å²) in [5, 5.41) is 2.33. The maximum Gasteiger partial charge on any atom is 0.137 e. The standard InChI is InChI=1S/C52H35NO/c1-4-16-36(17-5-1)37-30-32-42(33-31-37)53(47-27-13-12-24-43(47)38-18-6-2-7-19-38)48-28-15-29-49-52(48)51-44(39-20-8-3-9-21-39)25-14-26-45(51)46-34-40-22-10-11-23-41(40)35-50(46)54-49/h1-35H. The number of anilines is 3. The molecule has 0 saturated carbocycles.